The van der Waals surface area contributed by atoms with Crippen molar-refractivity contribution < 1.29 is 142 Å². The maximum Gasteiger partial charge on any atom is 0.330 e. The second kappa shape index (κ2) is 30.8. The molecule has 0 bridgehead atoms. The molecule has 8 rings (SSSR count). The fraction of sp³-hybridized carbons (Fsp3) is 0.857. The summed E-state index contributed by atoms with van der Waals surface area (Å²) in [6.45, 7) is -2.07. The molecule has 27 unspecified atom stereocenters. The summed E-state index contributed by atoms with van der Waals surface area (Å²) in [5, 5.41) is 142. The summed E-state index contributed by atoms with van der Waals surface area (Å²) < 4.78 is 69.4. The Morgan fingerprint density at radius 2 is 0.965 bits per heavy atom. The Bertz CT molecular complexity index is 2220. The highest BCUT2D eigenvalue weighted by Crippen LogP contribution is 2.45. The molecule has 0 radical (unpaired) electrons. The Morgan fingerprint density at radius 1 is 0.482 bits per heavy atom. The summed E-state index contributed by atoms with van der Waals surface area (Å²) in [4.78, 5) is 49.4. The quantitative estimate of drug-likeness (QED) is 0.0170. The second-order valence-electron chi connectivity index (χ2n) is 23.9. The Hall–Kier alpha value is -3.48. The third kappa shape index (κ3) is 17.3. The van der Waals surface area contributed by atoms with Gasteiger partial charge in [-0.15, -0.1) is 0 Å². The average molecular weight is 1220 g/mol. The van der Waals surface area contributed by atoms with Crippen LogP contribution in [0.15, 0.2) is 24.3 Å². The third-order valence-electron chi connectivity index (χ3n) is 18.0. The summed E-state index contributed by atoms with van der Waals surface area (Å²) in [7, 11) is 2.96. The molecule has 14 N–H and O–H groups in total. The van der Waals surface area contributed by atoms with Crippen molar-refractivity contribution in [2.24, 2.45) is 23.7 Å². The van der Waals surface area contributed by atoms with Crippen LogP contribution in [0.1, 0.15) is 89.9 Å². The number of hydrogen-bond donors (Lipinski definition) is 13. The Balaban J connectivity index is 1.03. The number of aliphatic hydroxyl groups excluding tert-OH is 12. The van der Waals surface area contributed by atoms with E-state index in [0.717, 1.165) is 0 Å². The lowest BCUT2D eigenvalue weighted by atomic mass is 9.73. The van der Waals surface area contributed by atoms with Crippen LogP contribution in [0.3, 0.4) is 0 Å². The van der Waals surface area contributed by atoms with E-state index >= 15 is 0 Å². The van der Waals surface area contributed by atoms with Gasteiger partial charge in [0.15, 0.2) is 31.1 Å². The second-order valence-corrected chi connectivity index (χ2v) is 23.9. The summed E-state index contributed by atoms with van der Waals surface area (Å²) in [6.07, 6.45) is -25.4. The van der Waals surface area contributed by atoms with Gasteiger partial charge in [0.05, 0.1) is 48.6 Å². The molecule has 0 spiro atoms. The molecule has 27 atom stereocenters. The predicted molar refractivity (Wildman–Crippen MR) is 281 cm³/mol. The first-order valence-corrected chi connectivity index (χ1v) is 29.4. The molecule has 484 valence electrons. The lowest BCUT2D eigenvalue weighted by Gasteiger charge is -2.50. The largest absolute Gasteiger partial charge is 0.481 e. The molecule has 4 heterocycles. The van der Waals surface area contributed by atoms with E-state index in [1.54, 1.807) is 12.2 Å². The summed E-state index contributed by atoms with van der Waals surface area (Å²) in [5.41, 5.74) is 0. The first-order chi connectivity index (χ1) is 40.5. The van der Waals surface area contributed by atoms with Crippen molar-refractivity contribution >= 4 is 23.9 Å². The molecule has 4 saturated carbocycles. The number of hydrogen-bond acceptors (Lipinski definition) is 27. The van der Waals surface area contributed by atoms with Gasteiger partial charge in [-0.1, -0.05) is 12.2 Å². The minimum atomic E-state index is -2.05. The minimum Gasteiger partial charge on any atom is -0.481 e. The maximum absolute atomic E-state index is 13.2. The number of rotatable bonds is 21. The van der Waals surface area contributed by atoms with Crippen LogP contribution in [0.4, 0.5) is 0 Å². The zero-order valence-electron chi connectivity index (χ0n) is 47.5. The molecule has 0 aromatic heterocycles. The average Bonchev–Trinajstić information content (AvgIpc) is 1.23. The molecule has 29 heteroatoms. The highest BCUT2D eigenvalue weighted by atomic mass is 16.8. The zero-order valence-corrected chi connectivity index (χ0v) is 47.5. The predicted octanol–water partition coefficient (Wildman–Crippen LogP) is -4.24. The van der Waals surface area contributed by atoms with Crippen molar-refractivity contribution in [3.8, 4) is 0 Å². The highest BCUT2D eigenvalue weighted by molar-refractivity contribution is 5.90. The molecule has 0 amide bonds. The van der Waals surface area contributed by atoms with Crippen LogP contribution >= 0.6 is 0 Å². The summed E-state index contributed by atoms with van der Waals surface area (Å²) in [5.74, 6) is -5.56. The lowest BCUT2D eigenvalue weighted by molar-refractivity contribution is -0.389. The van der Waals surface area contributed by atoms with E-state index < -0.39 is 209 Å². The Labute approximate surface area is 490 Å². The molecule has 8 aliphatic rings. The van der Waals surface area contributed by atoms with Gasteiger partial charge < -0.3 is 123 Å². The van der Waals surface area contributed by atoms with Crippen LogP contribution in [0.2, 0.25) is 0 Å². The van der Waals surface area contributed by atoms with Gasteiger partial charge in [-0.3, -0.25) is 9.59 Å². The third-order valence-corrected chi connectivity index (χ3v) is 18.0. The van der Waals surface area contributed by atoms with Crippen LogP contribution in [0.5, 0.6) is 0 Å². The normalized spacial score (nSPS) is 45.4. The minimum absolute atomic E-state index is 0.0162. The van der Waals surface area contributed by atoms with Crippen LogP contribution in [0.25, 0.3) is 0 Å². The zero-order chi connectivity index (χ0) is 61.4. The number of carboxylic acid groups (broad SMARTS) is 1. The number of carbonyl (C=O) groups is 4. The first-order valence-electron chi connectivity index (χ1n) is 29.4. The molecular formula is C56H87O29+. The van der Waals surface area contributed by atoms with E-state index in [2.05, 4.69) is 0 Å². The van der Waals surface area contributed by atoms with E-state index in [0.29, 0.717) is 64.2 Å². The number of ether oxygens (including phenoxy) is 12. The standard InChI is InChI=1S/C56H86O29/c1-74-34-15-24(3-11-30(34)59)5-13-41(63)76-21-37-44(66)48(70)51(73)55(83-37)85-53-49(71)46(68)39(22-77-42(64)14-6-25-4-12-31(60)35(16-25)75-2)84-56(53)81-36-19-29-32(79-52(36)26-7-9-27(57)10-8-26)17-28(58)18-33(29)80-54-50(72)47(69)45(67)38(82-54)23-78-43(65)20-40(61)62/h5-6,13-14,24-39,44-60,66-73H,3-4,7-12,15-23H2,1-2H3,(H,61,62)/p+1. The number of methoxy groups -OCH3 is 2. The summed E-state index contributed by atoms with van der Waals surface area (Å²) in [6, 6.07) is 0. The van der Waals surface area contributed by atoms with Crippen molar-refractivity contribution in [3.63, 3.8) is 0 Å². The molecule has 4 aliphatic carbocycles. The van der Waals surface area contributed by atoms with E-state index in [1.165, 1.54) is 26.4 Å². The highest BCUT2D eigenvalue weighted by Gasteiger charge is 2.58. The summed E-state index contributed by atoms with van der Waals surface area (Å²) >= 11 is 0. The number of fused-ring (bicyclic) bond motifs is 1. The molecular weight excluding hydrogens is 1140 g/mol. The van der Waals surface area contributed by atoms with Gasteiger partial charge in [-0.25, -0.2) is 9.59 Å². The van der Waals surface area contributed by atoms with Gasteiger partial charge in [0.2, 0.25) is 0 Å². The van der Waals surface area contributed by atoms with Crippen molar-refractivity contribution in [3.05, 3.63) is 24.3 Å². The van der Waals surface area contributed by atoms with Crippen molar-refractivity contribution in [1.82, 2.24) is 0 Å². The Kier molecular flexibility index (Phi) is 24.5. The van der Waals surface area contributed by atoms with E-state index in [-0.39, 0.29) is 37.0 Å². The number of esters is 3. The van der Waals surface area contributed by atoms with Gasteiger partial charge in [-0.2, -0.15) is 0 Å². The Morgan fingerprint density at radius 3 is 1.48 bits per heavy atom. The van der Waals surface area contributed by atoms with Crippen LogP contribution in [0, 0.1) is 23.7 Å². The van der Waals surface area contributed by atoms with Crippen LogP contribution in [-0.2, 0) is 71.3 Å². The molecule has 29 nitrogen and oxygen atoms in total. The number of carbonyl (C=O) groups excluding carboxylic acids is 3. The lowest BCUT2D eigenvalue weighted by Crippen LogP contribution is -2.66. The van der Waals surface area contributed by atoms with E-state index in [9.17, 15) is 80.5 Å². The van der Waals surface area contributed by atoms with Gasteiger partial charge >= 0.3 is 23.9 Å². The molecule has 4 aliphatic heterocycles. The van der Waals surface area contributed by atoms with E-state index in [1.807, 2.05) is 0 Å². The van der Waals surface area contributed by atoms with Gasteiger partial charge in [0.1, 0.15) is 106 Å². The van der Waals surface area contributed by atoms with Crippen molar-refractivity contribution in [2.75, 3.05) is 34.0 Å². The van der Waals surface area contributed by atoms with Crippen molar-refractivity contribution in [2.45, 2.75) is 243 Å². The molecule has 0 aromatic carbocycles. The number of allylic oxidation sites excluding steroid dienone is 2. The van der Waals surface area contributed by atoms with Crippen LogP contribution < -0.4 is 0 Å². The van der Waals surface area contributed by atoms with Gasteiger partial charge in [-0.05, 0) is 82.5 Å². The molecule has 4 saturated heterocycles. The van der Waals surface area contributed by atoms with Crippen LogP contribution in [-0.4, -0.2) is 282 Å². The fourth-order valence-electron chi connectivity index (χ4n) is 13.1. The SMILES string of the molecule is COC1CC(C=CC(=O)OCC2OC(OC3C(OC4CC5C(OC6OC(COC(=O)CC(=O)O)C(O)C(O)C6O)CC(O)CC5[OH+]C4C4CCC(O)CC4)OC(COC(=O)C=CC4CCC(O)C(OC)C4)C(O)C3O)C(O)C(O)C2O)CCC1O. The first kappa shape index (κ1) is 67.5. The molecule has 85 heavy (non-hydrogen) atoms. The topological polar surface area (TPSA) is 446 Å². The maximum atomic E-state index is 13.2. The van der Waals surface area contributed by atoms with Crippen molar-refractivity contribution in [1.29, 1.82) is 0 Å². The fourth-order valence-corrected chi connectivity index (χ4v) is 13.1. The molecule has 8 fully saturated rings. The smallest absolute Gasteiger partial charge is 0.330 e. The van der Waals surface area contributed by atoms with Gasteiger partial charge in [0, 0.05) is 45.1 Å². The number of aliphatic hydroxyl groups is 14. The van der Waals surface area contributed by atoms with E-state index in [4.69, 9.17) is 61.9 Å². The molecule has 0 aromatic rings. The number of carboxylic acids is 1. The van der Waals surface area contributed by atoms with Gasteiger partial charge in [0.25, 0.3) is 0 Å². The number of aliphatic carboxylic acids is 1. The monoisotopic (exact) mass is 1220 g/mol.